The fourth-order valence-corrected chi connectivity index (χ4v) is 3.92. The molecule has 0 unspecified atom stereocenters. The van der Waals surface area contributed by atoms with Gasteiger partial charge in [0.2, 0.25) is 0 Å². The Kier molecular flexibility index (Phi) is 6.23. The Hall–Kier alpha value is -2.99. The van der Waals surface area contributed by atoms with Crippen molar-refractivity contribution in [1.29, 1.82) is 0 Å². The third kappa shape index (κ3) is 5.13. The van der Waals surface area contributed by atoms with Crippen LogP contribution in [0.5, 0.6) is 0 Å². The Balaban J connectivity index is 1.28. The number of aromatic nitrogens is 1. The van der Waals surface area contributed by atoms with Gasteiger partial charge in [0.1, 0.15) is 11.3 Å². The molecule has 1 atom stereocenters. The number of hydrogen-bond donors (Lipinski definition) is 1. The SMILES string of the molecule is Cc1ccc2oc(SCc3ccc(C(=O)N[C@H](C)CCc4ccccc4)o3)nc2c1. The number of hydrogen-bond acceptors (Lipinski definition) is 5. The standard InChI is InChI=1S/C24H24N2O3S/c1-16-8-12-21-20(14-16)26-24(29-21)30-15-19-11-13-22(28-19)23(27)25-17(2)9-10-18-6-4-3-5-7-18/h3-8,11-14,17H,9-10,15H2,1-2H3,(H,25,27)/t17-/m1/s1. The number of nitrogens with zero attached hydrogens (tertiary/aromatic N) is 1. The fourth-order valence-electron chi connectivity index (χ4n) is 3.18. The third-order valence-electron chi connectivity index (χ3n) is 4.83. The maximum atomic E-state index is 12.5. The van der Waals surface area contributed by atoms with Gasteiger partial charge in [0.15, 0.2) is 11.3 Å². The van der Waals surface area contributed by atoms with Crippen LogP contribution >= 0.6 is 11.8 Å². The number of aryl methyl sites for hydroxylation is 2. The van der Waals surface area contributed by atoms with Crippen LogP contribution in [0.3, 0.4) is 0 Å². The lowest BCUT2D eigenvalue weighted by atomic mass is 10.1. The Bertz CT molecular complexity index is 1130. The van der Waals surface area contributed by atoms with E-state index in [2.05, 4.69) is 22.4 Å². The van der Waals surface area contributed by atoms with Gasteiger partial charge in [0, 0.05) is 6.04 Å². The van der Waals surface area contributed by atoms with Gasteiger partial charge < -0.3 is 14.2 Å². The molecule has 1 amide bonds. The Morgan fingerprint density at radius 3 is 2.77 bits per heavy atom. The highest BCUT2D eigenvalue weighted by Crippen LogP contribution is 2.27. The Labute approximate surface area is 179 Å². The van der Waals surface area contributed by atoms with E-state index in [9.17, 15) is 4.79 Å². The molecule has 0 bridgehead atoms. The third-order valence-corrected chi connectivity index (χ3v) is 5.68. The summed E-state index contributed by atoms with van der Waals surface area (Å²) in [5, 5.41) is 3.60. The van der Waals surface area contributed by atoms with E-state index in [1.807, 2.05) is 56.3 Å². The lowest BCUT2D eigenvalue weighted by Crippen LogP contribution is -2.32. The van der Waals surface area contributed by atoms with Gasteiger partial charge in [0.25, 0.3) is 11.1 Å². The van der Waals surface area contributed by atoms with E-state index in [0.717, 1.165) is 29.5 Å². The number of carbonyl (C=O) groups excluding carboxylic acids is 1. The minimum atomic E-state index is -0.191. The average Bonchev–Trinajstić information content (AvgIpc) is 3.38. The molecule has 6 heteroatoms. The van der Waals surface area contributed by atoms with Crippen LogP contribution in [0, 0.1) is 6.92 Å². The summed E-state index contributed by atoms with van der Waals surface area (Å²) in [4.78, 5) is 17.0. The number of fused-ring (bicyclic) bond motifs is 1. The summed E-state index contributed by atoms with van der Waals surface area (Å²) in [5.41, 5.74) is 4.03. The number of carbonyl (C=O) groups is 1. The molecule has 2 aromatic carbocycles. The molecule has 0 aliphatic carbocycles. The van der Waals surface area contributed by atoms with Crippen molar-refractivity contribution in [2.45, 2.75) is 43.7 Å². The Morgan fingerprint density at radius 1 is 1.10 bits per heavy atom. The second-order valence-corrected chi connectivity index (χ2v) is 8.33. The minimum Gasteiger partial charge on any atom is -0.455 e. The first-order valence-corrected chi connectivity index (χ1v) is 11.0. The van der Waals surface area contributed by atoms with E-state index in [0.29, 0.717) is 22.5 Å². The van der Waals surface area contributed by atoms with Gasteiger partial charge in [-0.15, -0.1) is 0 Å². The smallest absolute Gasteiger partial charge is 0.287 e. The molecule has 0 aliphatic rings. The number of rotatable bonds is 8. The van der Waals surface area contributed by atoms with Gasteiger partial charge in [-0.05, 0) is 62.1 Å². The van der Waals surface area contributed by atoms with Crippen LogP contribution in [-0.4, -0.2) is 16.9 Å². The molecule has 0 radical (unpaired) electrons. The first kappa shape index (κ1) is 20.3. The highest BCUT2D eigenvalue weighted by Gasteiger charge is 2.15. The van der Waals surface area contributed by atoms with E-state index in [1.54, 1.807) is 6.07 Å². The fraction of sp³-hybridized carbons (Fsp3) is 0.250. The van der Waals surface area contributed by atoms with E-state index in [1.165, 1.54) is 17.3 Å². The van der Waals surface area contributed by atoms with Crippen molar-refractivity contribution < 1.29 is 13.6 Å². The maximum Gasteiger partial charge on any atom is 0.287 e. The second kappa shape index (κ2) is 9.22. The van der Waals surface area contributed by atoms with Crippen LogP contribution in [0.1, 0.15) is 40.8 Å². The quantitative estimate of drug-likeness (QED) is 0.366. The first-order valence-electron chi connectivity index (χ1n) is 10.0. The summed E-state index contributed by atoms with van der Waals surface area (Å²) in [5.74, 6) is 1.39. The topological polar surface area (TPSA) is 68.3 Å². The number of furan rings is 1. The zero-order chi connectivity index (χ0) is 20.9. The molecule has 0 aliphatic heterocycles. The highest BCUT2D eigenvalue weighted by molar-refractivity contribution is 7.98. The number of benzene rings is 2. The van der Waals surface area contributed by atoms with Crippen molar-refractivity contribution in [2.75, 3.05) is 0 Å². The van der Waals surface area contributed by atoms with Crippen LogP contribution in [-0.2, 0) is 12.2 Å². The van der Waals surface area contributed by atoms with Gasteiger partial charge in [0.05, 0.1) is 5.75 Å². The van der Waals surface area contributed by atoms with Crippen LogP contribution in [0.15, 0.2) is 74.7 Å². The highest BCUT2D eigenvalue weighted by atomic mass is 32.2. The zero-order valence-electron chi connectivity index (χ0n) is 17.1. The summed E-state index contributed by atoms with van der Waals surface area (Å²) in [6, 6.07) is 19.8. The molecule has 0 saturated heterocycles. The Morgan fingerprint density at radius 2 is 1.93 bits per heavy atom. The molecule has 0 saturated carbocycles. The molecule has 2 heterocycles. The summed E-state index contributed by atoms with van der Waals surface area (Å²) < 4.78 is 11.5. The molecule has 0 spiro atoms. The van der Waals surface area contributed by atoms with Gasteiger partial charge >= 0.3 is 0 Å². The minimum absolute atomic E-state index is 0.0591. The molecule has 0 fully saturated rings. The van der Waals surface area contributed by atoms with E-state index in [-0.39, 0.29) is 11.9 Å². The molecule has 1 N–H and O–H groups in total. The second-order valence-electron chi connectivity index (χ2n) is 7.40. The maximum absolute atomic E-state index is 12.5. The van der Waals surface area contributed by atoms with Gasteiger partial charge in [-0.1, -0.05) is 48.2 Å². The van der Waals surface area contributed by atoms with Crippen LogP contribution in [0.4, 0.5) is 0 Å². The van der Waals surface area contributed by atoms with E-state index >= 15 is 0 Å². The molecule has 2 aromatic heterocycles. The number of oxazole rings is 1. The van der Waals surface area contributed by atoms with Crippen molar-refractivity contribution in [1.82, 2.24) is 10.3 Å². The molecular weight excluding hydrogens is 396 g/mol. The van der Waals surface area contributed by atoms with Crippen molar-refractivity contribution in [2.24, 2.45) is 0 Å². The van der Waals surface area contributed by atoms with Crippen LogP contribution in [0.25, 0.3) is 11.1 Å². The largest absolute Gasteiger partial charge is 0.455 e. The molecule has 30 heavy (non-hydrogen) atoms. The van der Waals surface area contributed by atoms with Gasteiger partial charge in [-0.25, -0.2) is 4.98 Å². The van der Waals surface area contributed by atoms with Gasteiger partial charge in [-0.2, -0.15) is 0 Å². The summed E-state index contributed by atoms with van der Waals surface area (Å²) >= 11 is 1.45. The van der Waals surface area contributed by atoms with Crippen LogP contribution in [0.2, 0.25) is 0 Å². The lowest BCUT2D eigenvalue weighted by Gasteiger charge is -2.12. The number of amides is 1. The predicted molar refractivity (Wildman–Crippen MR) is 119 cm³/mol. The summed E-state index contributed by atoms with van der Waals surface area (Å²) in [6.07, 6.45) is 1.79. The monoisotopic (exact) mass is 420 g/mol. The lowest BCUT2D eigenvalue weighted by molar-refractivity contribution is 0.0909. The first-order chi connectivity index (χ1) is 14.6. The summed E-state index contributed by atoms with van der Waals surface area (Å²) in [6.45, 7) is 4.04. The summed E-state index contributed by atoms with van der Waals surface area (Å²) in [7, 11) is 0. The normalized spacial score (nSPS) is 12.2. The molecule has 4 aromatic rings. The van der Waals surface area contributed by atoms with Crippen molar-refractivity contribution in [3.8, 4) is 0 Å². The molecule has 5 nitrogen and oxygen atoms in total. The van der Waals surface area contributed by atoms with Crippen molar-refractivity contribution in [3.05, 3.63) is 83.3 Å². The van der Waals surface area contributed by atoms with Crippen LogP contribution < -0.4 is 5.32 Å². The van der Waals surface area contributed by atoms with Crippen molar-refractivity contribution in [3.63, 3.8) is 0 Å². The molecule has 4 rings (SSSR count). The van der Waals surface area contributed by atoms with Gasteiger partial charge in [-0.3, -0.25) is 4.79 Å². The van der Waals surface area contributed by atoms with E-state index in [4.69, 9.17) is 8.83 Å². The molecular formula is C24H24N2O3S. The number of thioether (sulfide) groups is 1. The molecule has 154 valence electrons. The predicted octanol–water partition coefficient (Wildman–Crippen LogP) is 5.77. The van der Waals surface area contributed by atoms with Crippen molar-refractivity contribution >= 4 is 28.8 Å². The average molecular weight is 421 g/mol. The van der Waals surface area contributed by atoms with E-state index < -0.39 is 0 Å². The zero-order valence-corrected chi connectivity index (χ0v) is 17.9. The number of nitrogens with one attached hydrogen (secondary N) is 1.